The van der Waals surface area contributed by atoms with Gasteiger partial charge >= 0.3 is 0 Å². The molecule has 0 unspecified atom stereocenters. The molecule has 0 bridgehead atoms. The van der Waals surface area contributed by atoms with Crippen molar-refractivity contribution in [3.63, 3.8) is 0 Å². The molecular weight excluding hydrogens is 210 g/mol. The van der Waals surface area contributed by atoms with Crippen molar-refractivity contribution < 1.29 is 0 Å². The zero-order chi connectivity index (χ0) is 12.5. The van der Waals surface area contributed by atoms with E-state index in [0.29, 0.717) is 16.9 Å². The topological polar surface area (TPSA) is 48.7 Å². The van der Waals surface area contributed by atoms with Gasteiger partial charge in [-0.15, -0.1) is 0 Å². The molecule has 0 atom stereocenters. The Labute approximate surface area is 103 Å². The maximum atomic E-state index is 8.91. The lowest BCUT2D eigenvalue weighted by molar-refractivity contribution is 0.380. The molecule has 1 fully saturated rings. The summed E-state index contributed by atoms with van der Waals surface area (Å²) in [6.07, 6.45) is 2.60. The zero-order valence-corrected chi connectivity index (χ0v) is 10.7. The summed E-state index contributed by atoms with van der Waals surface area (Å²) in [5.41, 5.74) is 2.02. The summed E-state index contributed by atoms with van der Waals surface area (Å²) in [6, 6.07) is 5.79. The molecule has 0 saturated heterocycles. The number of nitriles is 1. The minimum Gasteiger partial charge on any atom is -0.369 e. The Hall–Kier alpha value is -1.56. The van der Waals surface area contributed by atoms with Crippen LogP contribution in [0.3, 0.4) is 0 Å². The zero-order valence-electron chi connectivity index (χ0n) is 10.7. The summed E-state index contributed by atoms with van der Waals surface area (Å²) in [4.78, 5) is 4.41. The van der Waals surface area contributed by atoms with Crippen LogP contribution in [0.4, 0.5) is 5.82 Å². The van der Waals surface area contributed by atoms with E-state index in [-0.39, 0.29) is 0 Å². The fraction of sp³-hybridized carbons (Fsp3) is 0.571. The Morgan fingerprint density at radius 3 is 2.71 bits per heavy atom. The minimum absolute atomic E-state index is 0.457. The normalized spacial score (nSPS) is 16.6. The SMILES string of the molecule is Cc1cc(C#N)cc(NCC2(C(C)C)CC2)n1. The standard InChI is InChI=1S/C14H19N3/c1-10(2)14(4-5-14)9-16-13-7-12(8-15)6-11(3)17-13/h6-7,10H,4-5,9H2,1-3H3,(H,16,17). The quantitative estimate of drug-likeness (QED) is 0.863. The number of rotatable bonds is 4. The molecule has 90 valence electrons. The molecule has 1 aromatic rings. The molecular formula is C14H19N3. The predicted molar refractivity (Wildman–Crippen MR) is 68.7 cm³/mol. The summed E-state index contributed by atoms with van der Waals surface area (Å²) < 4.78 is 0. The van der Waals surface area contributed by atoms with Gasteiger partial charge in [-0.2, -0.15) is 5.26 Å². The fourth-order valence-corrected chi connectivity index (χ4v) is 2.21. The lowest BCUT2D eigenvalue weighted by Gasteiger charge is -2.20. The molecule has 1 saturated carbocycles. The van der Waals surface area contributed by atoms with E-state index in [1.54, 1.807) is 6.07 Å². The third-order valence-electron chi connectivity index (χ3n) is 3.82. The van der Waals surface area contributed by atoms with Crippen LogP contribution in [-0.2, 0) is 0 Å². The third-order valence-corrected chi connectivity index (χ3v) is 3.82. The highest BCUT2D eigenvalue weighted by Gasteiger charge is 2.44. The van der Waals surface area contributed by atoms with E-state index in [9.17, 15) is 0 Å². The number of hydrogen-bond acceptors (Lipinski definition) is 3. The summed E-state index contributed by atoms with van der Waals surface area (Å²) in [5, 5.41) is 12.3. The van der Waals surface area contributed by atoms with Gasteiger partial charge in [-0.1, -0.05) is 13.8 Å². The van der Waals surface area contributed by atoms with Gasteiger partial charge in [0.15, 0.2) is 0 Å². The Bertz CT molecular complexity index is 453. The van der Waals surface area contributed by atoms with Gasteiger partial charge in [0.05, 0.1) is 11.6 Å². The molecule has 1 N–H and O–H groups in total. The average Bonchev–Trinajstić information content (AvgIpc) is 3.06. The molecule has 2 rings (SSSR count). The molecule has 1 aromatic heterocycles. The van der Waals surface area contributed by atoms with Crippen LogP contribution >= 0.6 is 0 Å². The second kappa shape index (κ2) is 4.37. The first-order valence-corrected chi connectivity index (χ1v) is 6.18. The fourth-order valence-electron chi connectivity index (χ4n) is 2.21. The molecule has 0 radical (unpaired) electrons. The van der Waals surface area contributed by atoms with E-state index >= 15 is 0 Å². The van der Waals surface area contributed by atoms with Gasteiger partial charge < -0.3 is 5.32 Å². The van der Waals surface area contributed by atoms with E-state index in [1.807, 2.05) is 13.0 Å². The molecule has 0 aromatic carbocycles. The lowest BCUT2D eigenvalue weighted by atomic mass is 9.92. The van der Waals surface area contributed by atoms with Crippen LogP contribution in [0.2, 0.25) is 0 Å². The molecule has 3 nitrogen and oxygen atoms in total. The van der Waals surface area contributed by atoms with Crippen LogP contribution in [0.5, 0.6) is 0 Å². The number of nitrogens with zero attached hydrogens (tertiary/aromatic N) is 2. The van der Waals surface area contributed by atoms with Crippen molar-refractivity contribution in [2.75, 3.05) is 11.9 Å². The van der Waals surface area contributed by atoms with Crippen LogP contribution in [0, 0.1) is 29.6 Å². The molecule has 0 amide bonds. The van der Waals surface area contributed by atoms with Crippen LogP contribution in [-0.4, -0.2) is 11.5 Å². The van der Waals surface area contributed by atoms with Gasteiger partial charge in [-0.25, -0.2) is 4.98 Å². The smallest absolute Gasteiger partial charge is 0.127 e. The van der Waals surface area contributed by atoms with Crippen LogP contribution in [0.1, 0.15) is 37.9 Å². The van der Waals surface area contributed by atoms with E-state index in [1.165, 1.54) is 12.8 Å². The highest BCUT2D eigenvalue weighted by molar-refractivity contribution is 5.44. The number of aromatic nitrogens is 1. The lowest BCUT2D eigenvalue weighted by Crippen LogP contribution is -2.21. The first kappa shape index (κ1) is 11.9. The largest absolute Gasteiger partial charge is 0.369 e. The summed E-state index contributed by atoms with van der Waals surface area (Å²) >= 11 is 0. The van der Waals surface area contributed by atoms with Crippen molar-refractivity contribution in [3.05, 3.63) is 23.4 Å². The maximum absolute atomic E-state index is 8.91. The summed E-state index contributed by atoms with van der Waals surface area (Å²) in [6.45, 7) is 7.44. The number of hydrogen-bond donors (Lipinski definition) is 1. The van der Waals surface area contributed by atoms with E-state index in [2.05, 4.69) is 30.2 Å². The van der Waals surface area contributed by atoms with Crippen LogP contribution in [0.25, 0.3) is 0 Å². The molecule has 1 heterocycles. The highest BCUT2D eigenvalue weighted by Crippen LogP contribution is 2.51. The van der Waals surface area contributed by atoms with E-state index in [0.717, 1.165) is 18.1 Å². The van der Waals surface area contributed by atoms with Gasteiger partial charge in [0.25, 0.3) is 0 Å². The van der Waals surface area contributed by atoms with E-state index in [4.69, 9.17) is 5.26 Å². The number of pyridine rings is 1. The molecule has 1 aliphatic rings. The molecule has 0 aliphatic heterocycles. The average molecular weight is 229 g/mol. The Morgan fingerprint density at radius 2 is 2.18 bits per heavy atom. The second-order valence-corrected chi connectivity index (χ2v) is 5.36. The van der Waals surface area contributed by atoms with Crippen LogP contribution in [0.15, 0.2) is 12.1 Å². The third kappa shape index (κ3) is 2.58. The van der Waals surface area contributed by atoms with Gasteiger partial charge in [0.1, 0.15) is 5.82 Å². The van der Waals surface area contributed by atoms with Crippen molar-refractivity contribution in [2.24, 2.45) is 11.3 Å². The van der Waals surface area contributed by atoms with Crippen molar-refractivity contribution in [3.8, 4) is 6.07 Å². The van der Waals surface area contributed by atoms with Crippen molar-refractivity contribution >= 4 is 5.82 Å². The maximum Gasteiger partial charge on any atom is 0.127 e. The Balaban J connectivity index is 2.05. The highest BCUT2D eigenvalue weighted by atomic mass is 15.0. The van der Waals surface area contributed by atoms with Crippen molar-refractivity contribution in [2.45, 2.75) is 33.6 Å². The van der Waals surface area contributed by atoms with Crippen molar-refractivity contribution in [1.29, 1.82) is 5.26 Å². The number of nitrogens with one attached hydrogen (secondary N) is 1. The van der Waals surface area contributed by atoms with Gasteiger partial charge in [0, 0.05) is 12.2 Å². The Morgan fingerprint density at radius 1 is 1.47 bits per heavy atom. The number of aryl methyl sites for hydroxylation is 1. The van der Waals surface area contributed by atoms with Gasteiger partial charge in [-0.05, 0) is 43.2 Å². The molecule has 1 aliphatic carbocycles. The van der Waals surface area contributed by atoms with Crippen molar-refractivity contribution in [1.82, 2.24) is 4.98 Å². The van der Waals surface area contributed by atoms with E-state index < -0.39 is 0 Å². The minimum atomic E-state index is 0.457. The second-order valence-electron chi connectivity index (χ2n) is 5.36. The van der Waals surface area contributed by atoms with Gasteiger partial charge in [-0.3, -0.25) is 0 Å². The first-order valence-electron chi connectivity index (χ1n) is 6.18. The molecule has 17 heavy (non-hydrogen) atoms. The molecule has 0 spiro atoms. The first-order chi connectivity index (χ1) is 8.05. The predicted octanol–water partition coefficient (Wildman–Crippen LogP) is 3.11. The van der Waals surface area contributed by atoms with Crippen LogP contribution < -0.4 is 5.32 Å². The summed E-state index contributed by atoms with van der Waals surface area (Å²) in [7, 11) is 0. The monoisotopic (exact) mass is 229 g/mol. The number of anilines is 1. The van der Waals surface area contributed by atoms with Gasteiger partial charge in [0.2, 0.25) is 0 Å². The Kier molecular flexibility index (Phi) is 3.06. The summed E-state index contributed by atoms with van der Waals surface area (Å²) in [5.74, 6) is 1.53. The molecule has 3 heteroatoms.